The number of carbonyl (C=O) groups is 1. The van der Waals surface area contributed by atoms with Crippen molar-refractivity contribution in [3.05, 3.63) is 28.2 Å². The van der Waals surface area contributed by atoms with E-state index >= 15 is 0 Å². The average molecular weight is 354 g/mol. The molecule has 20 heavy (non-hydrogen) atoms. The largest absolute Gasteiger partial charge is 0.374 e. The van der Waals surface area contributed by atoms with Crippen molar-refractivity contribution in [2.24, 2.45) is 21.1 Å². The van der Waals surface area contributed by atoms with Crippen molar-refractivity contribution in [3.63, 3.8) is 0 Å². The monoisotopic (exact) mass is 353 g/mol. The minimum atomic E-state index is -0.767. The number of thiocarbonyl (C=S) groups is 1. The molecule has 0 aromatic heterocycles. The van der Waals surface area contributed by atoms with Crippen molar-refractivity contribution >= 4 is 50.6 Å². The molecule has 1 atom stereocenters. The Balaban J connectivity index is 2.20. The van der Waals surface area contributed by atoms with Crippen LogP contribution >= 0.6 is 28.1 Å². The molecule has 0 saturated heterocycles. The number of hydrogen-bond donors (Lipinski definition) is 1. The fourth-order valence-corrected chi connectivity index (χ4v) is 2.11. The van der Waals surface area contributed by atoms with Crippen molar-refractivity contribution in [2.45, 2.75) is 19.9 Å². The second-order valence-electron chi connectivity index (χ2n) is 4.28. The van der Waals surface area contributed by atoms with Gasteiger partial charge in [0.1, 0.15) is 0 Å². The fraction of sp³-hybridized carbons (Fsp3) is 0.250. The number of amides is 1. The Kier molecular flexibility index (Phi) is 4.24. The van der Waals surface area contributed by atoms with Gasteiger partial charge in [0.15, 0.2) is 11.2 Å². The van der Waals surface area contributed by atoms with E-state index in [0.717, 1.165) is 15.0 Å². The molecule has 1 amide bonds. The maximum atomic E-state index is 12.0. The van der Waals surface area contributed by atoms with Crippen LogP contribution in [0.25, 0.3) is 0 Å². The number of aryl methyl sites for hydroxylation is 1. The van der Waals surface area contributed by atoms with Gasteiger partial charge in [0.25, 0.3) is 5.91 Å². The molecule has 1 aliphatic heterocycles. The summed E-state index contributed by atoms with van der Waals surface area (Å²) in [7, 11) is 0. The van der Waals surface area contributed by atoms with E-state index in [-0.39, 0.29) is 11.0 Å². The second-order valence-corrected chi connectivity index (χ2v) is 5.55. The van der Waals surface area contributed by atoms with Gasteiger partial charge in [0.2, 0.25) is 0 Å². The van der Waals surface area contributed by atoms with E-state index in [1.54, 1.807) is 6.92 Å². The Bertz CT molecular complexity index is 643. The number of rotatable bonds is 2. The van der Waals surface area contributed by atoms with Gasteiger partial charge in [0, 0.05) is 4.47 Å². The van der Waals surface area contributed by atoms with Gasteiger partial charge in [-0.3, -0.25) is 4.79 Å². The number of hydrogen-bond acceptors (Lipinski definition) is 5. The summed E-state index contributed by atoms with van der Waals surface area (Å²) in [4.78, 5) is 12.0. The van der Waals surface area contributed by atoms with Crippen LogP contribution in [0.4, 0.5) is 5.69 Å². The van der Waals surface area contributed by atoms with Gasteiger partial charge >= 0.3 is 0 Å². The highest BCUT2D eigenvalue weighted by Crippen LogP contribution is 2.24. The summed E-state index contributed by atoms with van der Waals surface area (Å²) >= 11 is 8.16. The zero-order valence-electron chi connectivity index (χ0n) is 10.9. The Morgan fingerprint density at radius 2 is 2.20 bits per heavy atom. The number of halogens is 1. The molecule has 0 saturated carbocycles. The lowest BCUT2D eigenvalue weighted by Crippen LogP contribution is -2.37. The van der Waals surface area contributed by atoms with Crippen molar-refractivity contribution in [1.82, 2.24) is 5.01 Å². The normalized spacial score (nSPS) is 18.8. The van der Waals surface area contributed by atoms with Crippen molar-refractivity contribution in [1.29, 1.82) is 0 Å². The summed E-state index contributed by atoms with van der Waals surface area (Å²) in [6.45, 7) is 3.66. The van der Waals surface area contributed by atoms with Crippen LogP contribution in [0.3, 0.4) is 0 Å². The zero-order chi connectivity index (χ0) is 14.9. The predicted molar refractivity (Wildman–Crippen MR) is 83.9 cm³/mol. The van der Waals surface area contributed by atoms with Crippen molar-refractivity contribution in [3.8, 4) is 0 Å². The first kappa shape index (κ1) is 14.7. The van der Waals surface area contributed by atoms with E-state index in [9.17, 15) is 4.79 Å². The van der Waals surface area contributed by atoms with Crippen LogP contribution in [0.15, 0.2) is 38.0 Å². The number of benzene rings is 1. The molecule has 1 aromatic rings. The number of carbonyl (C=O) groups excluding carboxylic acids is 1. The highest BCUT2D eigenvalue weighted by Gasteiger charge is 2.35. The number of nitrogens with two attached hydrogens (primary N) is 1. The molecular formula is C12H12BrN5OS. The molecule has 0 unspecified atom stereocenters. The Labute approximate surface area is 129 Å². The molecule has 1 aliphatic rings. The summed E-state index contributed by atoms with van der Waals surface area (Å²) < 4.78 is 0.932. The van der Waals surface area contributed by atoms with Crippen LogP contribution in [-0.2, 0) is 4.79 Å². The third-order valence-corrected chi connectivity index (χ3v) is 3.78. The maximum Gasteiger partial charge on any atom is 0.282 e. The molecule has 0 bridgehead atoms. The van der Waals surface area contributed by atoms with Gasteiger partial charge in [-0.25, -0.2) is 0 Å². The summed E-state index contributed by atoms with van der Waals surface area (Å²) in [5, 5.41) is 12.9. The molecule has 6 nitrogen and oxygen atoms in total. The molecule has 104 valence electrons. The summed E-state index contributed by atoms with van der Waals surface area (Å²) in [6, 6.07) is 4.80. The first-order valence-corrected chi connectivity index (χ1v) is 6.96. The van der Waals surface area contributed by atoms with Crippen LogP contribution in [0.5, 0.6) is 0 Å². The highest BCUT2D eigenvalue weighted by atomic mass is 79.9. The molecular weight excluding hydrogens is 342 g/mol. The maximum absolute atomic E-state index is 12.0. The molecule has 1 aromatic carbocycles. The van der Waals surface area contributed by atoms with Gasteiger partial charge < -0.3 is 5.73 Å². The number of azo groups is 1. The lowest BCUT2D eigenvalue weighted by atomic mass is 10.2. The molecule has 0 aliphatic carbocycles. The van der Waals surface area contributed by atoms with E-state index < -0.39 is 6.04 Å². The lowest BCUT2D eigenvalue weighted by Gasteiger charge is -2.08. The Hall–Kier alpha value is -1.67. The quantitative estimate of drug-likeness (QED) is 0.655. The molecule has 0 spiro atoms. The van der Waals surface area contributed by atoms with Gasteiger partial charge in [-0.1, -0.05) is 22.0 Å². The van der Waals surface area contributed by atoms with Gasteiger partial charge in [-0.2, -0.15) is 20.3 Å². The smallest absolute Gasteiger partial charge is 0.282 e. The first-order valence-electron chi connectivity index (χ1n) is 5.75. The zero-order valence-corrected chi connectivity index (χ0v) is 13.3. The average Bonchev–Trinajstić information content (AvgIpc) is 2.67. The van der Waals surface area contributed by atoms with Gasteiger partial charge in [-0.15, -0.1) is 0 Å². The van der Waals surface area contributed by atoms with Crippen LogP contribution in [0.2, 0.25) is 0 Å². The third-order valence-electron chi connectivity index (χ3n) is 2.75. The molecule has 2 rings (SSSR count). The molecule has 0 fully saturated rings. The predicted octanol–water partition coefficient (Wildman–Crippen LogP) is 2.67. The van der Waals surface area contributed by atoms with E-state index in [2.05, 4.69) is 31.3 Å². The molecule has 0 radical (unpaired) electrons. The van der Waals surface area contributed by atoms with Crippen molar-refractivity contribution < 1.29 is 4.79 Å². The van der Waals surface area contributed by atoms with Crippen LogP contribution in [0, 0.1) is 6.92 Å². The summed E-state index contributed by atoms with van der Waals surface area (Å²) in [5.41, 5.74) is 7.66. The Morgan fingerprint density at radius 1 is 1.50 bits per heavy atom. The molecule has 1 heterocycles. The first-order chi connectivity index (χ1) is 9.40. The SMILES string of the molecule is CC1=NN(C(N)=S)C(=O)[C@@H]1N=Nc1ccc(C)c(Br)c1. The molecule has 8 heteroatoms. The topological polar surface area (TPSA) is 83.4 Å². The Morgan fingerprint density at radius 3 is 2.75 bits per heavy atom. The number of nitrogens with zero attached hydrogens (tertiary/aromatic N) is 4. The van der Waals surface area contributed by atoms with E-state index in [1.807, 2.05) is 25.1 Å². The fourth-order valence-electron chi connectivity index (χ4n) is 1.62. The number of hydrazone groups is 1. The van der Waals surface area contributed by atoms with E-state index in [4.69, 9.17) is 18.0 Å². The lowest BCUT2D eigenvalue weighted by molar-refractivity contribution is -0.126. The van der Waals surface area contributed by atoms with Crippen LogP contribution in [0.1, 0.15) is 12.5 Å². The molecule has 2 N–H and O–H groups in total. The summed E-state index contributed by atoms with van der Waals surface area (Å²) in [5.74, 6) is -0.384. The summed E-state index contributed by atoms with van der Waals surface area (Å²) in [6.07, 6.45) is 0. The highest BCUT2D eigenvalue weighted by molar-refractivity contribution is 9.10. The van der Waals surface area contributed by atoms with Gasteiger partial charge in [-0.05, 0) is 43.8 Å². The van der Waals surface area contributed by atoms with Crippen molar-refractivity contribution in [2.75, 3.05) is 0 Å². The third kappa shape index (κ3) is 2.91. The van der Waals surface area contributed by atoms with E-state index in [1.165, 1.54) is 0 Å². The second kappa shape index (κ2) is 5.76. The van der Waals surface area contributed by atoms with Gasteiger partial charge in [0.05, 0.1) is 11.4 Å². The van der Waals surface area contributed by atoms with Crippen LogP contribution in [-0.4, -0.2) is 27.8 Å². The van der Waals surface area contributed by atoms with Crippen LogP contribution < -0.4 is 5.73 Å². The minimum Gasteiger partial charge on any atom is -0.374 e. The minimum absolute atomic E-state index is 0.0925. The van der Waals surface area contributed by atoms with E-state index in [0.29, 0.717) is 11.4 Å². The standard InChI is InChI=1S/C12H12BrN5OS/c1-6-3-4-8(5-9(6)13)15-16-10-7(2)17-18(11(10)19)12(14)20/h3-5,10H,1-2H3,(H2,14,20)/t10-/m1/s1.